The first-order valence-electron chi connectivity index (χ1n) is 9.92. The molecule has 0 spiro atoms. The second-order valence-electron chi connectivity index (χ2n) is 7.59. The molecule has 1 atom stereocenters. The van der Waals surface area contributed by atoms with Gasteiger partial charge in [0.1, 0.15) is 5.54 Å². The maximum atomic E-state index is 13.6. The van der Waals surface area contributed by atoms with Crippen LogP contribution >= 0.6 is 0 Å². The maximum Gasteiger partial charge on any atom is 0.243 e. The molecule has 0 N–H and O–H groups in total. The highest BCUT2D eigenvalue weighted by molar-refractivity contribution is 5.87. The Bertz CT molecular complexity index is 387. The molecule has 3 aliphatic rings. The number of nitrogens with zero attached hydrogens (tertiary/aromatic N) is 2. The summed E-state index contributed by atoms with van der Waals surface area (Å²) in [6.45, 7) is 6.68. The molecule has 0 unspecified atom stereocenters. The highest BCUT2D eigenvalue weighted by Gasteiger charge is 2.48. The summed E-state index contributed by atoms with van der Waals surface area (Å²) in [5.41, 5.74) is -0.187. The lowest BCUT2D eigenvalue weighted by molar-refractivity contribution is -0.150. The van der Waals surface area contributed by atoms with Gasteiger partial charge in [0.2, 0.25) is 5.91 Å². The zero-order valence-electron chi connectivity index (χ0n) is 14.9. The van der Waals surface area contributed by atoms with Crippen molar-refractivity contribution in [3.8, 4) is 0 Å². The molecule has 0 bridgehead atoms. The molecule has 2 aliphatic heterocycles. The summed E-state index contributed by atoms with van der Waals surface area (Å²) in [4.78, 5) is 18.4. The van der Waals surface area contributed by atoms with Crippen LogP contribution in [0.25, 0.3) is 0 Å². The molecule has 3 rings (SSSR count). The van der Waals surface area contributed by atoms with Crippen LogP contribution in [0.4, 0.5) is 0 Å². The van der Waals surface area contributed by atoms with Crippen molar-refractivity contribution in [1.82, 2.24) is 9.80 Å². The smallest absolute Gasteiger partial charge is 0.243 e. The molecular formula is C19H34N2O2. The Morgan fingerprint density at radius 2 is 1.70 bits per heavy atom. The van der Waals surface area contributed by atoms with Gasteiger partial charge in [0.05, 0.1) is 12.6 Å². The molecule has 0 aromatic heterocycles. The van der Waals surface area contributed by atoms with Crippen molar-refractivity contribution in [1.29, 1.82) is 0 Å². The van der Waals surface area contributed by atoms with E-state index < -0.39 is 0 Å². The van der Waals surface area contributed by atoms with Crippen molar-refractivity contribution < 1.29 is 9.53 Å². The number of ether oxygens (including phenoxy) is 1. The number of rotatable bonds is 5. The molecule has 4 nitrogen and oxygen atoms in total. The molecule has 132 valence electrons. The van der Waals surface area contributed by atoms with Crippen LogP contribution in [0.5, 0.6) is 0 Å². The average Bonchev–Trinajstić information content (AvgIpc) is 3.09. The topological polar surface area (TPSA) is 32.8 Å². The first-order chi connectivity index (χ1) is 11.3. The van der Waals surface area contributed by atoms with Crippen molar-refractivity contribution >= 4 is 5.91 Å². The molecule has 1 saturated carbocycles. The van der Waals surface area contributed by atoms with Gasteiger partial charge < -0.3 is 9.64 Å². The van der Waals surface area contributed by atoms with E-state index in [2.05, 4.69) is 9.80 Å². The van der Waals surface area contributed by atoms with E-state index in [1.54, 1.807) is 0 Å². The van der Waals surface area contributed by atoms with E-state index >= 15 is 0 Å². The average molecular weight is 322 g/mol. The van der Waals surface area contributed by atoms with Crippen LogP contribution in [0, 0.1) is 0 Å². The summed E-state index contributed by atoms with van der Waals surface area (Å²) in [5.74, 6) is 0.432. The first kappa shape index (κ1) is 17.2. The Labute approximate surface area is 141 Å². The van der Waals surface area contributed by atoms with Gasteiger partial charge >= 0.3 is 0 Å². The fourth-order valence-corrected chi connectivity index (χ4v) is 4.92. The molecule has 1 aliphatic carbocycles. The Hall–Kier alpha value is -0.610. The summed E-state index contributed by atoms with van der Waals surface area (Å²) in [5, 5.41) is 0. The van der Waals surface area contributed by atoms with E-state index in [0.717, 1.165) is 58.5 Å². The van der Waals surface area contributed by atoms with Crippen LogP contribution in [-0.4, -0.2) is 60.1 Å². The van der Waals surface area contributed by atoms with E-state index in [9.17, 15) is 4.79 Å². The second-order valence-corrected chi connectivity index (χ2v) is 7.59. The number of hydrogen-bond donors (Lipinski definition) is 0. The van der Waals surface area contributed by atoms with Crippen molar-refractivity contribution in [2.75, 3.05) is 32.8 Å². The molecule has 2 heterocycles. The zero-order valence-corrected chi connectivity index (χ0v) is 14.9. The third kappa shape index (κ3) is 3.58. The summed E-state index contributed by atoms with van der Waals surface area (Å²) >= 11 is 0. The van der Waals surface area contributed by atoms with E-state index in [4.69, 9.17) is 4.74 Å². The summed E-state index contributed by atoms with van der Waals surface area (Å²) < 4.78 is 5.66. The van der Waals surface area contributed by atoms with Crippen molar-refractivity contribution in [3.05, 3.63) is 0 Å². The molecule has 1 amide bonds. The predicted molar refractivity (Wildman–Crippen MR) is 92.5 cm³/mol. The van der Waals surface area contributed by atoms with E-state index in [1.807, 2.05) is 6.92 Å². The van der Waals surface area contributed by atoms with Gasteiger partial charge in [0.15, 0.2) is 0 Å². The maximum absolute atomic E-state index is 13.6. The fraction of sp³-hybridized carbons (Fsp3) is 0.947. The largest absolute Gasteiger partial charge is 0.380 e. The summed E-state index contributed by atoms with van der Waals surface area (Å²) in [6, 6.07) is 0.311. The van der Waals surface area contributed by atoms with Crippen LogP contribution in [0.1, 0.15) is 71.1 Å². The van der Waals surface area contributed by atoms with Gasteiger partial charge in [0, 0.05) is 13.2 Å². The van der Waals surface area contributed by atoms with Crippen molar-refractivity contribution in [2.24, 2.45) is 0 Å². The first-order valence-corrected chi connectivity index (χ1v) is 9.92. The fourth-order valence-electron chi connectivity index (χ4n) is 4.92. The van der Waals surface area contributed by atoms with Gasteiger partial charge in [0.25, 0.3) is 0 Å². The van der Waals surface area contributed by atoms with Crippen molar-refractivity contribution in [2.45, 2.75) is 82.7 Å². The molecule has 2 saturated heterocycles. The normalized spacial score (nSPS) is 28.9. The number of amides is 1. The quantitative estimate of drug-likeness (QED) is 0.779. The summed E-state index contributed by atoms with van der Waals surface area (Å²) in [7, 11) is 0. The zero-order chi connectivity index (χ0) is 16.1. The molecule has 4 heteroatoms. The lowest BCUT2D eigenvalue weighted by Crippen LogP contribution is -2.62. The molecule has 3 fully saturated rings. The number of carbonyl (C=O) groups is 1. The lowest BCUT2D eigenvalue weighted by atomic mass is 9.78. The van der Waals surface area contributed by atoms with Crippen LogP contribution in [0.2, 0.25) is 0 Å². The number of carbonyl (C=O) groups excluding carboxylic acids is 1. The van der Waals surface area contributed by atoms with Crippen LogP contribution in [0.3, 0.4) is 0 Å². The number of hydrogen-bond acceptors (Lipinski definition) is 3. The Morgan fingerprint density at radius 1 is 1.00 bits per heavy atom. The molecule has 23 heavy (non-hydrogen) atoms. The van der Waals surface area contributed by atoms with E-state index in [-0.39, 0.29) is 5.54 Å². The Kier molecular flexibility index (Phi) is 5.97. The van der Waals surface area contributed by atoms with Gasteiger partial charge in [-0.25, -0.2) is 0 Å². The van der Waals surface area contributed by atoms with Crippen LogP contribution in [0.15, 0.2) is 0 Å². The molecule has 0 aromatic carbocycles. The van der Waals surface area contributed by atoms with Gasteiger partial charge in [-0.05, 0) is 58.5 Å². The Balaban J connectivity index is 1.76. The SMILES string of the molecule is CCOC[C@H]1CCCN1C(=O)C1(N2CCCCC2)CCCCC1. The molecule has 0 aromatic rings. The Morgan fingerprint density at radius 3 is 2.39 bits per heavy atom. The standard InChI is InChI=1S/C19H34N2O2/c1-2-23-16-17-10-9-15-21(17)18(22)19(11-5-3-6-12-19)20-13-7-4-8-14-20/h17H,2-16H2,1H3/t17-/m1/s1. The molecule has 0 radical (unpaired) electrons. The minimum atomic E-state index is -0.187. The lowest BCUT2D eigenvalue weighted by Gasteiger charge is -2.49. The van der Waals surface area contributed by atoms with Gasteiger partial charge in [-0.2, -0.15) is 0 Å². The third-order valence-electron chi connectivity index (χ3n) is 6.19. The van der Waals surface area contributed by atoms with Crippen LogP contribution < -0.4 is 0 Å². The second kappa shape index (κ2) is 7.98. The molecular weight excluding hydrogens is 288 g/mol. The van der Waals surface area contributed by atoms with Crippen molar-refractivity contribution in [3.63, 3.8) is 0 Å². The van der Waals surface area contributed by atoms with Crippen LogP contribution in [-0.2, 0) is 9.53 Å². The number of piperidine rings is 1. The van der Waals surface area contributed by atoms with Gasteiger partial charge in [-0.1, -0.05) is 25.7 Å². The number of likely N-dealkylation sites (tertiary alicyclic amines) is 2. The highest BCUT2D eigenvalue weighted by Crippen LogP contribution is 2.38. The predicted octanol–water partition coefficient (Wildman–Crippen LogP) is 3.20. The minimum Gasteiger partial charge on any atom is -0.380 e. The third-order valence-corrected chi connectivity index (χ3v) is 6.19. The highest BCUT2D eigenvalue weighted by atomic mass is 16.5. The van der Waals surface area contributed by atoms with E-state index in [1.165, 1.54) is 38.5 Å². The van der Waals surface area contributed by atoms with Gasteiger partial charge in [-0.15, -0.1) is 0 Å². The van der Waals surface area contributed by atoms with E-state index in [0.29, 0.717) is 11.9 Å². The van der Waals surface area contributed by atoms with Gasteiger partial charge in [-0.3, -0.25) is 9.69 Å². The summed E-state index contributed by atoms with van der Waals surface area (Å²) in [6.07, 6.45) is 12.0. The minimum absolute atomic E-state index is 0.187. The monoisotopic (exact) mass is 322 g/mol.